The second kappa shape index (κ2) is 71.3. The Kier molecular flexibility index (Phi) is 69.9. The lowest BCUT2D eigenvalue weighted by atomic mass is 9.99. The molecule has 0 aromatic heterocycles. The molecule has 0 aromatic carbocycles. The highest BCUT2D eigenvalue weighted by atomic mass is 31.2. The zero-order chi connectivity index (χ0) is 73.7. The van der Waals surface area contributed by atoms with Crippen molar-refractivity contribution in [1.29, 1.82) is 0 Å². The Morgan fingerprint density at radius 3 is 0.760 bits per heavy atom. The van der Waals surface area contributed by atoms with E-state index in [-0.39, 0.29) is 25.7 Å². The van der Waals surface area contributed by atoms with Crippen LogP contribution in [0.15, 0.2) is 0 Å². The normalized spacial score (nSPS) is 14.5. The van der Waals surface area contributed by atoms with Gasteiger partial charge in [-0.25, -0.2) is 9.13 Å². The maximum Gasteiger partial charge on any atom is 0.472 e. The summed E-state index contributed by atoms with van der Waals surface area (Å²) >= 11 is 0. The van der Waals surface area contributed by atoms with Crippen molar-refractivity contribution in [1.82, 2.24) is 0 Å². The Morgan fingerprint density at radius 1 is 0.290 bits per heavy atom. The molecule has 0 aliphatic carbocycles. The van der Waals surface area contributed by atoms with Crippen molar-refractivity contribution in [2.24, 2.45) is 17.8 Å². The number of carbonyl (C=O) groups excluding carboxylic acids is 4. The van der Waals surface area contributed by atoms with Crippen molar-refractivity contribution < 1.29 is 80.2 Å². The highest BCUT2D eigenvalue weighted by Gasteiger charge is 2.30. The zero-order valence-electron chi connectivity index (χ0n) is 65.7. The molecule has 0 fully saturated rings. The van der Waals surface area contributed by atoms with E-state index in [0.717, 1.165) is 114 Å². The van der Waals surface area contributed by atoms with E-state index < -0.39 is 97.5 Å². The minimum absolute atomic E-state index is 0.106. The molecule has 0 bridgehead atoms. The van der Waals surface area contributed by atoms with E-state index in [1.807, 2.05) is 0 Å². The SMILES string of the molecule is CCCCCCCCCCCCCCCCCCCC(=O)OC[C@H](COP(=O)(O)OC[C@@H](O)COP(=O)(O)OC[C@@H](COC(=O)CCCCCCCCC(C)CC)OC(=O)CCCCCCCCCCCCCCC(C)C)OC(=O)CCCCCCCCCCCCCCCCC(C)CC. The van der Waals surface area contributed by atoms with Crippen LogP contribution in [0, 0.1) is 17.8 Å². The lowest BCUT2D eigenvalue weighted by Gasteiger charge is -2.21. The summed E-state index contributed by atoms with van der Waals surface area (Å²) in [6.45, 7) is 12.0. The molecule has 0 amide bonds. The first-order valence-electron chi connectivity index (χ1n) is 41.9. The summed E-state index contributed by atoms with van der Waals surface area (Å²) in [5.74, 6) is 0.242. The van der Waals surface area contributed by atoms with Crippen LogP contribution in [0.2, 0.25) is 0 Å². The molecule has 0 aliphatic rings. The predicted molar refractivity (Wildman–Crippen MR) is 409 cm³/mol. The highest BCUT2D eigenvalue weighted by Crippen LogP contribution is 2.45. The van der Waals surface area contributed by atoms with Crippen molar-refractivity contribution in [3.8, 4) is 0 Å². The average molecular weight is 1470 g/mol. The van der Waals surface area contributed by atoms with Crippen LogP contribution < -0.4 is 0 Å². The second-order valence-electron chi connectivity index (χ2n) is 30.1. The van der Waals surface area contributed by atoms with Crippen LogP contribution >= 0.6 is 15.6 Å². The van der Waals surface area contributed by atoms with Crippen molar-refractivity contribution in [3.05, 3.63) is 0 Å². The van der Waals surface area contributed by atoms with Gasteiger partial charge in [-0.2, -0.15) is 0 Å². The molecule has 0 saturated carbocycles. The number of ether oxygens (including phenoxy) is 4. The van der Waals surface area contributed by atoms with Crippen LogP contribution in [-0.4, -0.2) is 96.7 Å². The third kappa shape index (κ3) is 71.7. The molecule has 0 saturated heterocycles. The Hall–Kier alpha value is -1.94. The summed E-state index contributed by atoms with van der Waals surface area (Å²) in [7, 11) is -9.92. The largest absolute Gasteiger partial charge is 0.472 e. The van der Waals surface area contributed by atoms with Crippen molar-refractivity contribution in [2.75, 3.05) is 39.6 Å². The number of esters is 4. The molecule has 4 unspecified atom stereocenters. The number of rotatable bonds is 79. The number of aliphatic hydroxyl groups excluding tert-OH is 1. The molecular formula is C81H158O17P2. The Balaban J connectivity index is 5.25. The van der Waals surface area contributed by atoms with Gasteiger partial charge in [0.1, 0.15) is 19.3 Å². The maximum absolute atomic E-state index is 13.1. The van der Waals surface area contributed by atoms with E-state index in [1.54, 1.807) is 0 Å². The molecule has 17 nitrogen and oxygen atoms in total. The molecule has 594 valence electrons. The molecule has 0 spiro atoms. The van der Waals surface area contributed by atoms with Gasteiger partial charge in [-0.05, 0) is 43.4 Å². The van der Waals surface area contributed by atoms with Crippen LogP contribution in [0.1, 0.15) is 421 Å². The van der Waals surface area contributed by atoms with Crippen LogP contribution in [0.4, 0.5) is 0 Å². The quantitative estimate of drug-likeness (QED) is 0.0222. The Bertz CT molecular complexity index is 1940. The first-order chi connectivity index (χ1) is 48.3. The molecular weight excluding hydrogens is 1310 g/mol. The van der Waals surface area contributed by atoms with Gasteiger partial charge in [0.2, 0.25) is 0 Å². The van der Waals surface area contributed by atoms with Crippen molar-refractivity contribution >= 4 is 39.5 Å². The zero-order valence-corrected chi connectivity index (χ0v) is 67.5. The van der Waals surface area contributed by atoms with Gasteiger partial charge in [0.05, 0.1) is 26.4 Å². The number of unbranched alkanes of at least 4 members (excludes halogenated alkanes) is 45. The number of aliphatic hydroxyl groups is 1. The first kappa shape index (κ1) is 98.1. The van der Waals surface area contributed by atoms with E-state index >= 15 is 0 Å². The van der Waals surface area contributed by atoms with Gasteiger partial charge in [-0.15, -0.1) is 0 Å². The van der Waals surface area contributed by atoms with E-state index in [4.69, 9.17) is 37.0 Å². The fourth-order valence-corrected chi connectivity index (χ4v) is 14.0. The monoisotopic (exact) mass is 1470 g/mol. The lowest BCUT2D eigenvalue weighted by molar-refractivity contribution is -0.161. The summed E-state index contributed by atoms with van der Waals surface area (Å²) < 4.78 is 68.7. The molecule has 3 N–H and O–H groups in total. The van der Waals surface area contributed by atoms with Gasteiger partial charge in [0.15, 0.2) is 12.2 Å². The van der Waals surface area contributed by atoms with Crippen LogP contribution in [0.3, 0.4) is 0 Å². The Labute approximate surface area is 613 Å². The van der Waals surface area contributed by atoms with Gasteiger partial charge in [-0.1, -0.05) is 370 Å². The smallest absolute Gasteiger partial charge is 0.462 e. The second-order valence-corrected chi connectivity index (χ2v) is 33.0. The van der Waals surface area contributed by atoms with Crippen molar-refractivity contribution in [2.45, 2.75) is 439 Å². The third-order valence-electron chi connectivity index (χ3n) is 19.6. The van der Waals surface area contributed by atoms with Gasteiger partial charge in [-0.3, -0.25) is 37.3 Å². The number of hydrogen-bond acceptors (Lipinski definition) is 15. The summed E-state index contributed by atoms with van der Waals surface area (Å²) in [6.07, 6.45) is 59.6. The van der Waals surface area contributed by atoms with E-state index in [0.29, 0.717) is 25.7 Å². The molecule has 0 heterocycles. The topological polar surface area (TPSA) is 237 Å². The molecule has 19 heteroatoms. The molecule has 0 aromatic rings. The predicted octanol–water partition coefficient (Wildman–Crippen LogP) is 24.1. The fourth-order valence-electron chi connectivity index (χ4n) is 12.4. The van der Waals surface area contributed by atoms with E-state index in [2.05, 4.69) is 48.5 Å². The molecule has 0 radical (unpaired) electrons. The standard InChI is InChI=1S/C81H158O17P2/c1-8-11-12-13-14-15-16-17-18-19-20-24-30-35-40-48-55-62-78(83)91-68-76(97-80(85)64-57-50-41-36-31-25-22-21-23-29-34-39-46-53-60-73(6)9-2)70-95-99(87,88)93-66-75(82)67-94-100(89,90)96-71-77(69-92-79(84)63-56-49-44-43-47-54-61-74(7)10-3)98-81(86)65-58-51-42-37-32-27-26-28-33-38-45-52-59-72(4)5/h72-77,82H,8-71H2,1-7H3,(H,87,88)(H,89,90)/t73?,74?,75-,76-,77-/m1/s1. The summed E-state index contributed by atoms with van der Waals surface area (Å²) in [6, 6.07) is 0. The fraction of sp³-hybridized carbons (Fsp3) is 0.951. The number of phosphoric acid groups is 2. The molecule has 100 heavy (non-hydrogen) atoms. The summed E-state index contributed by atoms with van der Waals surface area (Å²) in [5.41, 5.74) is 0. The lowest BCUT2D eigenvalue weighted by Crippen LogP contribution is -2.30. The van der Waals surface area contributed by atoms with Crippen molar-refractivity contribution in [3.63, 3.8) is 0 Å². The molecule has 0 aliphatic heterocycles. The minimum atomic E-state index is -4.96. The highest BCUT2D eigenvalue weighted by molar-refractivity contribution is 7.47. The third-order valence-corrected chi connectivity index (χ3v) is 21.5. The van der Waals surface area contributed by atoms with Gasteiger partial charge < -0.3 is 33.8 Å². The Morgan fingerprint density at radius 2 is 0.510 bits per heavy atom. The first-order valence-corrected chi connectivity index (χ1v) is 44.9. The van der Waals surface area contributed by atoms with E-state index in [9.17, 15) is 43.2 Å². The van der Waals surface area contributed by atoms with Crippen LogP contribution in [0.25, 0.3) is 0 Å². The summed E-state index contributed by atoms with van der Waals surface area (Å²) in [5, 5.41) is 10.6. The number of hydrogen-bond donors (Lipinski definition) is 3. The van der Waals surface area contributed by atoms with Gasteiger partial charge in [0, 0.05) is 25.7 Å². The van der Waals surface area contributed by atoms with Crippen LogP contribution in [-0.2, 0) is 65.4 Å². The van der Waals surface area contributed by atoms with Gasteiger partial charge >= 0.3 is 39.5 Å². The number of carbonyl (C=O) groups is 4. The maximum atomic E-state index is 13.1. The van der Waals surface area contributed by atoms with E-state index in [1.165, 1.54) is 225 Å². The minimum Gasteiger partial charge on any atom is -0.462 e. The molecule has 7 atom stereocenters. The van der Waals surface area contributed by atoms with Crippen LogP contribution in [0.5, 0.6) is 0 Å². The number of phosphoric ester groups is 2. The molecule has 0 rings (SSSR count). The summed E-state index contributed by atoms with van der Waals surface area (Å²) in [4.78, 5) is 73.0. The average Bonchev–Trinajstić information content (AvgIpc) is 0.936. The van der Waals surface area contributed by atoms with Gasteiger partial charge in [0.25, 0.3) is 0 Å².